The zero-order valence-corrected chi connectivity index (χ0v) is 13.2. The van der Waals surface area contributed by atoms with Gasteiger partial charge in [-0.1, -0.05) is 27.5 Å². The van der Waals surface area contributed by atoms with Crippen molar-refractivity contribution in [2.24, 2.45) is 5.92 Å². The molecule has 1 unspecified atom stereocenters. The highest BCUT2D eigenvalue weighted by Gasteiger charge is 2.26. The van der Waals surface area contributed by atoms with Crippen LogP contribution < -0.4 is 0 Å². The second kappa shape index (κ2) is 6.59. The number of amides is 1. The molecule has 0 aromatic heterocycles. The van der Waals surface area contributed by atoms with Gasteiger partial charge in [0.15, 0.2) is 0 Å². The second-order valence-corrected chi connectivity index (χ2v) is 6.30. The number of aliphatic carboxylic acids is 1. The Morgan fingerprint density at radius 1 is 1.45 bits per heavy atom. The Morgan fingerprint density at radius 2 is 2.20 bits per heavy atom. The third kappa shape index (κ3) is 3.73. The van der Waals surface area contributed by atoms with Crippen molar-refractivity contribution in [3.63, 3.8) is 0 Å². The summed E-state index contributed by atoms with van der Waals surface area (Å²) in [7, 11) is 0. The molecular formula is C14H15BrClNO3. The highest BCUT2D eigenvalue weighted by atomic mass is 79.9. The van der Waals surface area contributed by atoms with Crippen molar-refractivity contribution in [1.82, 2.24) is 4.90 Å². The molecule has 1 amide bonds. The van der Waals surface area contributed by atoms with Crippen molar-refractivity contribution in [2.45, 2.75) is 19.3 Å². The summed E-state index contributed by atoms with van der Waals surface area (Å²) in [4.78, 5) is 24.9. The molecule has 1 fully saturated rings. The molecule has 1 atom stereocenters. The molecule has 20 heavy (non-hydrogen) atoms. The van der Waals surface area contributed by atoms with Gasteiger partial charge >= 0.3 is 5.97 Å². The van der Waals surface area contributed by atoms with E-state index in [-0.39, 0.29) is 18.2 Å². The van der Waals surface area contributed by atoms with Crippen molar-refractivity contribution in [3.05, 3.63) is 33.3 Å². The Morgan fingerprint density at radius 3 is 2.85 bits per heavy atom. The molecule has 108 valence electrons. The summed E-state index contributed by atoms with van der Waals surface area (Å²) >= 11 is 9.40. The van der Waals surface area contributed by atoms with Crippen molar-refractivity contribution in [1.29, 1.82) is 0 Å². The summed E-state index contributed by atoms with van der Waals surface area (Å²) in [5.74, 6) is -0.914. The molecule has 0 bridgehead atoms. The number of carboxylic acids is 1. The molecule has 1 N–H and O–H groups in total. The van der Waals surface area contributed by atoms with E-state index < -0.39 is 5.97 Å². The highest BCUT2D eigenvalue weighted by molar-refractivity contribution is 9.10. The van der Waals surface area contributed by atoms with Gasteiger partial charge in [0.1, 0.15) is 0 Å². The van der Waals surface area contributed by atoms with Crippen LogP contribution >= 0.6 is 27.5 Å². The van der Waals surface area contributed by atoms with Gasteiger partial charge in [-0.25, -0.2) is 0 Å². The first kappa shape index (κ1) is 15.3. The molecule has 1 aromatic carbocycles. The number of nitrogens with zero attached hydrogens (tertiary/aromatic N) is 1. The first-order valence-electron chi connectivity index (χ1n) is 6.43. The number of piperidine rings is 1. The lowest BCUT2D eigenvalue weighted by Gasteiger charge is -2.32. The number of rotatable bonds is 3. The summed E-state index contributed by atoms with van der Waals surface area (Å²) < 4.78 is 0.821. The molecule has 0 radical (unpaired) electrons. The molecule has 1 heterocycles. The lowest BCUT2D eigenvalue weighted by Crippen LogP contribution is -2.40. The lowest BCUT2D eigenvalue weighted by molar-refractivity contribution is -0.138. The van der Waals surface area contributed by atoms with E-state index >= 15 is 0 Å². The van der Waals surface area contributed by atoms with Crippen LogP contribution in [0.2, 0.25) is 5.02 Å². The Balaban J connectivity index is 2.10. The SMILES string of the molecule is O=C(O)CC1CCCN(C(=O)c2ccc(Br)cc2Cl)C1. The van der Waals surface area contributed by atoms with Crippen LogP contribution in [-0.2, 0) is 4.79 Å². The Kier molecular flexibility index (Phi) is 5.05. The van der Waals surface area contributed by atoms with Gasteiger partial charge in [-0.2, -0.15) is 0 Å². The molecule has 1 saturated heterocycles. The number of likely N-dealkylation sites (tertiary alicyclic amines) is 1. The molecule has 1 aromatic rings. The molecule has 1 aliphatic heterocycles. The first-order valence-corrected chi connectivity index (χ1v) is 7.60. The van der Waals surface area contributed by atoms with Gasteiger partial charge in [0.25, 0.3) is 5.91 Å². The summed E-state index contributed by atoms with van der Waals surface area (Å²) in [6, 6.07) is 5.15. The minimum absolute atomic E-state index is 0.0272. The summed E-state index contributed by atoms with van der Waals surface area (Å²) in [6.45, 7) is 1.14. The van der Waals surface area contributed by atoms with Gasteiger partial charge in [0.2, 0.25) is 0 Å². The number of hydrogen-bond acceptors (Lipinski definition) is 2. The number of benzene rings is 1. The van der Waals surface area contributed by atoms with E-state index in [9.17, 15) is 9.59 Å². The minimum Gasteiger partial charge on any atom is -0.481 e. The lowest BCUT2D eigenvalue weighted by atomic mass is 9.94. The van der Waals surface area contributed by atoms with E-state index in [1.54, 1.807) is 23.1 Å². The fourth-order valence-electron chi connectivity index (χ4n) is 2.50. The van der Waals surface area contributed by atoms with Gasteiger partial charge in [-0.15, -0.1) is 0 Å². The first-order chi connectivity index (χ1) is 9.47. The Hall–Kier alpha value is -1.07. The van der Waals surface area contributed by atoms with E-state index in [0.717, 1.165) is 17.3 Å². The standard InChI is InChI=1S/C14H15BrClNO3/c15-10-3-4-11(12(16)7-10)14(20)17-5-1-2-9(8-17)6-13(18)19/h3-4,7,9H,1-2,5-6,8H2,(H,18,19). The molecule has 0 saturated carbocycles. The number of hydrogen-bond donors (Lipinski definition) is 1. The second-order valence-electron chi connectivity index (χ2n) is 4.98. The molecule has 6 heteroatoms. The number of carbonyl (C=O) groups is 2. The summed E-state index contributed by atoms with van der Waals surface area (Å²) in [5, 5.41) is 9.26. The van der Waals surface area contributed by atoms with E-state index in [1.165, 1.54) is 0 Å². The van der Waals surface area contributed by atoms with E-state index in [0.29, 0.717) is 23.7 Å². The molecule has 2 rings (SSSR count). The molecule has 0 spiro atoms. The van der Waals surface area contributed by atoms with E-state index in [4.69, 9.17) is 16.7 Å². The molecule has 4 nitrogen and oxygen atoms in total. The summed E-state index contributed by atoms with van der Waals surface area (Å²) in [5.41, 5.74) is 0.464. The van der Waals surface area contributed by atoms with Gasteiger partial charge in [-0.3, -0.25) is 9.59 Å². The predicted molar refractivity (Wildman–Crippen MR) is 80.0 cm³/mol. The van der Waals surface area contributed by atoms with Crippen molar-refractivity contribution in [3.8, 4) is 0 Å². The van der Waals surface area contributed by atoms with Crippen molar-refractivity contribution < 1.29 is 14.7 Å². The molecule has 1 aliphatic rings. The monoisotopic (exact) mass is 359 g/mol. The van der Waals surface area contributed by atoms with Crippen molar-refractivity contribution in [2.75, 3.05) is 13.1 Å². The van der Waals surface area contributed by atoms with Crippen LogP contribution in [-0.4, -0.2) is 35.0 Å². The third-order valence-corrected chi connectivity index (χ3v) is 4.24. The van der Waals surface area contributed by atoms with E-state index in [1.807, 2.05) is 0 Å². The number of carbonyl (C=O) groups excluding carboxylic acids is 1. The quantitative estimate of drug-likeness (QED) is 0.898. The van der Waals surface area contributed by atoms with Crippen LogP contribution in [0.25, 0.3) is 0 Å². The maximum absolute atomic E-state index is 12.4. The fourth-order valence-corrected chi connectivity index (χ4v) is 3.25. The normalized spacial score (nSPS) is 18.9. The van der Waals surface area contributed by atoms with Crippen LogP contribution in [0.15, 0.2) is 22.7 Å². The third-order valence-electron chi connectivity index (χ3n) is 3.43. The topological polar surface area (TPSA) is 57.6 Å². The van der Waals surface area contributed by atoms with Crippen molar-refractivity contribution >= 4 is 39.4 Å². The summed E-state index contributed by atoms with van der Waals surface area (Å²) in [6.07, 6.45) is 1.79. The average molecular weight is 361 g/mol. The van der Waals surface area contributed by atoms with Crippen LogP contribution in [0.1, 0.15) is 29.6 Å². The average Bonchev–Trinajstić information content (AvgIpc) is 2.37. The Labute approximate surface area is 130 Å². The van der Waals surface area contributed by atoms with Gasteiger partial charge in [0.05, 0.1) is 10.6 Å². The van der Waals surface area contributed by atoms with Crippen LogP contribution in [0.4, 0.5) is 0 Å². The smallest absolute Gasteiger partial charge is 0.303 e. The van der Waals surface area contributed by atoms with Gasteiger partial charge in [0, 0.05) is 24.0 Å². The predicted octanol–water partition coefficient (Wildman–Crippen LogP) is 3.43. The Bertz CT molecular complexity index is 535. The zero-order chi connectivity index (χ0) is 14.7. The molecule has 0 aliphatic carbocycles. The number of carboxylic acid groups (broad SMARTS) is 1. The minimum atomic E-state index is -0.814. The van der Waals surface area contributed by atoms with Crippen LogP contribution in [0.5, 0.6) is 0 Å². The maximum Gasteiger partial charge on any atom is 0.303 e. The maximum atomic E-state index is 12.4. The number of halogens is 2. The highest BCUT2D eigenvalue weighted by Crippen LogP contribution is 2.26. The van der Waals surface area contributed by atoms with Crippen LogP contribution in [0.3, 0.4) is 0 Å². The van der Waals surface area contributed by atoms with Gasteiger partial charge in [-0.05, 0) is 37.0 Å². The zero-order valence-electron chi connectivity index (χ0n) is 10.8. The largest absolute Gasteiger partial charge is 0.481 e. The van der Waals surface area contributed by atoms with E-state index in [2.05, 4.69) is 15.9 Å². The fraction of sp³-hybridized carbons (Fsp3) is 0.429. The molecular weight excluding hydrogens is 346 g/mol. The van der Waals surface area contributed by atoms with Crippen LogP contribution in [0, 0.1) is 5.92 Å². The van der Waals surface area contributed by atoms with Gasteiger partial charge < -0.3 is 10.0 Å².